The molecule has 1 aromatic heterocycles. The molecule has 3 aliphatic heterocycles. The Balaban J connectivity index is 1.26. The summed E-state index contributed by atoms with van der Waals surface area (Å²) in [5, 5.41) is 5.53. The maximum atomic E-state index is 13.0. The predicted octanol–water partition coefficient (Wildman–Crippen LogP) is 4.48. The predicted molar refractivity (Wildman–Crippen MR) is 197 cm³/mol. The molecule has 1 amide bonds. The standard InChI is InChI=1S/C38H46ClN5O7S/c1-38(2,3)51-37(46)43-24-29-10-8-26(21-30(29)23-34(43)36(45)49-4)7-9-27-22-28(11-12-32(27)39)35-31-25-42(52(5,47)48)16-13-33(31)44(40-35)15-6-14-41-17-19-50-20-18-41/h8,10-12,21-22,34H,6,13-20,23-25H2,1-5H3. The number of esters is 1. The molecule has 2 aromatic carbocycles. The first-order chi connectivity index (χ1) is 24.7. The summed E-state index contributed by atoms with van der Waals surface area (Å²) in [6, 6.07) is 10.5. The Labute approximate surface area is 311 Å². The molecule has 3 aliphatic rings. The molecule has 1 unspecified atom stereocenters. The molecule has 3 aromatic rings. The van der Waals surface area contributed by atoms with Crippen LogP contribution in [0.25, 0.3) is 11.3 Å². The highest BCUT2D eigenvalue weighted by molar-refractivity contribution is 7.88. The van der Waals surface area contributed by atoms with E-state index in [1.54, 1.807) is 26.8 Å². The quantitative estimate of drug-likeness (QED) is 0.254. The molecule has 0 N–H and O–H groups in total. The monoisotopic (exact) mass is 751 g/mol. The fourth-order valence-electron chi connectivity index (χ4n) is 6.86. The number of fused-ring (bicyclic) bond motifs is 2. The van der Waals surface area contributed by atoms with E-state index in [1.165, 1.54) is 22.6 Å². The van der Waals surface area contributed by atoms with Crippen LogP contribution in [0, 0.1) is 11.8 Å². The average molecular weight is 752 g/mol. The number of methoxy groups -OCH3 is 1. The number of sulfonamides is 1. The zero-order chi connectivity index (χ0) is 37.2. The summed E-state index contributed by atoms with van der Waals surface area (Å²) in [7, 11) is -2.09. The van der Waals surface area contributed by atoms with Gasteiger partial charge in [0.15, 0.2) is 0 Å². The van der Waals surface area contributed by atoms with Crippen molar-refractivity contribution in [1.82, 2.24) is 23.9 Å². The van der Waals surface area contributed by atoms with Crippen LogP contribution in [-0.2, 0) is 61.5 Å². The summed E-state index contributed by atoms with van der Waals surface area (Å²) in [5.41, 5.74) is 5.89. The molecule has 1 atom stereocenters. The van der Waals surface area contributed by atoms with Crippen molar-refractivity contribution in [2.24, 2.45) is 0 Å². The molecule has 278 valence electrons. The fourth-order valence-corrected chi connectivity index (χ4v) is 7.81. The lowest BCUT2D eigenvalue weighted by Gasteiger charge is -2.36. The van der Waals surface area contributed by atoms with Gasteiger partial charge in [0, 0.05) is 80.1 Å². The minimum absolute atomic E-state index is 0.201. The summed E-state index contributed by atoms with van der Waals surface area (Å²) in [6.07, 6.45) is 2.43. The molecule has 1 fully saturated rings. The second-order valence-electron chi connectivity index (χ2n) is 14.4. The largest absolute Gasteiger partial charge is 0.467 e. The van der Waals surface area contributed by atoms with Crippen LogP contribution in [0.2, 0.25) is 5.02 Å². The van der Waals surface area contributed by atoms with Crippen LogP contribution in [0.1, 0.15) is 60.7 Å². The smallest absolute Gasteiger partial charge is 0.411 e. The molecule has 0 spiro atoms. The van der Waals surface area contributed by atoms with Gasteiger partial charge in [0.1, 0.15) is 11.6 Å². The highest BCUT2D eigenvalue weighted by atomic mass is 35.5. The number of ether oxygens (including phenoxy) is 3. The van der Waals surface area contributed by atoms with Crippen LogP contribution in [0.3, 0.4) is 0 Å². The lowest BCUT2D eigenvalue weighted by Crippen LogP contribution is -2.50. The third kappa shape index (κ3) is 8.81. The number of amides is 1. The van der Waals surface area contributed by atoms with Crippen LogP contribution in [-0.4, -0.2) is 109 Å². The van der Waals surface area contributed by atoms with Crippen molar-refractivity contribution < 1.29 is 32.2 Å². The van der Waals surface area contributed by atoms with Crippen LogP contribution in [0.5, 0.6) is 0 Å². The number of morpholine rings is 1. The van der Waals surface area contributed by atoms with Gasteiger partial charge in [-0.3, -0.25) is 14.5 Å². The molecule has 0 radical (unpaired) electrons. The maximum Gasteiger partial charge on any atom is 0.411 e. The molecule has 12 nitrogen and oxygen atoms in total. The van der Waals surface area contributed by atoms with E-state index in [-0.39, 0.29) is 19.5 Å². The highest BCUT2D eigenvalue weighted by Crippen LogP contribution is 2.33. The number of carbonyl (C=O) groups excluding carboxylic acids is 2. The van der Waals surface area contributed by atoms with Gasteiger partial charge in [-0.25, -0.2) is 18.0 Å². The Kier molecular flexibility index (Phi) is 11.3. The van der Waals surface area contributed by atoms with E-state index >= 15 is 0 Å². The van der Waals surface area contributed by atoms with E-state index in [4.69, 9.17) is 30.9 Å². The number of hydrogen-bond donors (Lipinski definition) is 0. The summed E-state index contributed by atoms with van der Waals surface area (Å²) < 4.78 is 44.8. The number of hydrogen-bond acceptors (Lipinski definition) is 9. The van der Waals surface area contributed by atoms with Crippen LogP contribution < -0.4 is 0 Å². The average Bonchev–Trinajstić information content (AvgIpc) is 3.47. The van der Waals surface area contributed by atoms with Crippen LogP contribution >= 0.6 is 11.6 Å². The Bertz CT molecular complexity index is 2010. The number of aromatic nitrogens is 2. The first-order valence-corrected chi connectivity index (χ1v) is 19.8. The maximum absolute atomic E-state index is 13.0. The zero-order valence-electron chi connectivity index (χ0n) is 30.4. The molecule has 0 aliphatic carbocycles. The Morgan fingerprint density at radius 2 is 1.79 bits per heavy atom. The summed E-state index contributed by atoms with van der Waals surface area (Å²) in [6.45, 7) is 11.2. The number of carbonyl (C=O) groups is 2. The van der Waals surface area contributed by atoms with Gasteiger partial charge in [0.25, 0.3) is 0 Å². The number of benzene rings is 2. The Morgan fingerprint density at radius 3 is 2.50 bits per heavy atom. The normalized spacial score (nSPS) is 18.2. The molecule has 14 heteroatoms. The first kappa shape index (κ1) is 37.8. The van der Waals surface area contributed by atoms with Gasteiger partial charge >= 0.3 is 12.1 Å². The van der Waals surface area contributed by atoms with Crippen LogP contribution in [0.4, 0.5) is 4.79 Å². The van der Waals surface area contributed by atoms with Gasteiger partial charge in [-0.1, -0.05) is 35.6 Å². The van der Waals surface area contributed by atoms with Gasteiger partial charge in [-0.05, 0) is 62.6 Å². The molecule has 0 bridgehead atoms. The van der Waals surface area contributed by atoms with Gasteiger partial charge in [-0.15, -0.1) is 0 Å². The molecule has 0 saturated carbocycles. The van der Waals surface area contributed by atoms with Crippen molar-refractivity contribution in [2.45, 2.75) is 71.3 Å². The third-order valence-corrected chi connectivity index (χ3v) is 11.1. The van der Waals surface area contributed by atoms with Gasteiger partial charge in [0.05, 0.1) is 43.8 Å². The molecule has 4 heterocycles. The minimum atomic E-state index is -3.39. The van der Waals surface area contributed by atoms with Crippen molar-refractivity contribution in [3.63, 3.8) is 0 Å². The molecule has 52 heavy (non-hydrogen) atoms. The second kappa shape index (κ2) is 15.6. The van der Waals surface area contributed by atoms with Crippen molar-refractivity contribution in [3.8, 4) is 23.1 Å². The van der Waals surface area contributed by atoms with E-state index in [9.17, 15) is 18.0 Å². The molecule has 1 saturated heterocycles. The molecular formula is C38H46ClN5O7S. The zero-order valence-corrected chi connectivity index (χ0v) is 32.0. The van der Waals surface area contributed by atoms with Crippen molar-refractivity contribution >= 4 is 33.7 Å². The second-order valence-corrected chi connectivity index (χ2v) is 16.8. The molecular weight excluding hydrogens is 706 g/mol. The van der Waals surface area contributed by atoms with E-state index in [2.05, 4.69) is 16.7 Å². The van der Waals surface area contributed by atoms with E-state index in [1.807, 2.05) is 35.0 Å². The van der Waals surface area contributed by atoms with E-state index in [0.717, 1.165) is 85.0 Å². The van der Waals surface area contributed by atoms with Crippen molar-refractivity contribution in [3.05, 3.63) is 74.9 Å². The van der Waals surface area contributed by atoms with Gasteiger partial charge < -0.3 is 14.2 Å². The van der Waals surface area contributed by atoms with Crippen LogP contribution in [0.15, 0.2) is 36.4 Å². The first-order valence-electron chi connectivity index (χ1n) is 17.5. The number of halogens is 1. The van der Waals surface area contributed by atoms with Gasteiger partial charge in [0.2, 0.25) is 10.0 Å². The highest BCUT2D eigenvalue weighted by Gasteiger charge is 2.38. The summed E-state index contributed by atoms with van der Waals surface area (Å²) in [4.78, 5) is 29.6. The topological polar surface area (TPSA) is 124 Å². The molecule has 6 rings (SSSR count). The van der Waals surface area contributed by atoms with Crippen molar-refractivity contribution in [2.75, 3.05) is 52.8 Å². The fraction of sp³-hybridized carbons (Fsp3) is 0.500. The van der Waals surface area contributed by atoms with E-state index < -0.39 is 33.7 Å². The third-order valence-electron chi connectivity index (χ3n) is 9.53. The number of rotatable bonds is 7. The SMILES string of the molecule is COC(=O)C1Cc2cc(C#Cc3cc(-c4nn(CCCN5CCOCC5)c5c4CN(S(C)(=O)=O)CC5)ccc3Cl)ccc2CN1C(=O)OC(C)(C)C. The van der Waals surface area contributed by atoms with Gasteiger partial charge in [-0.2, -0.15) is 9.40 Å². The Hall–Kier alpha value is -3.93. The minimum Gasteiger partial charge on any atom is -0.467 e. The lowest BCUT2D eigenvalue weighted by molar-refractivity contribution is -0.147. The lowest BCUT2D eigenvalue weighted by atomic mass is 9.92. The van der Waals surface area contributed by atoms with E-state index in [0.29, 0.717) is 23.6 Å². The number of nitrogens with zero attached hydrogens (tertiary/aromatic N) is 5. The van der Waals surface area contributed by atoms with Crippen molar-refractivity contribution in [1.29, 1.82) is 0 Å². The Morgan fingerprint density at radius 1 is 1.02 bits per heavy atom. The summed E-state index contributed by atoms with van der Waals surface area (Å²) in [5.74, 6) is 5.93. The summed E-state index contributed by atoms with van der Waals surface area (Å²) >= 11 is 6.67. The number of aryl methyl sites for hydroxylation is 1.